The Bertz CT molecular complexity index is 405. The summed E-state index contributed by atoms with van der Waals surface area (Å²) in [4.78, 5) is 4.02. The Kier molecular flexibility index (Phi) is 4.85. The SMILES string of the molecule is CC(NCCNS(C)(=O)=O)c1cccnc1. The Morgan fingerprint density at radius 2 is 2.19 bits per heavy atom. The first-order chi connectivity index (χ1) is 7.49. The van der Waals surface area contributed by atoms with Gasteiger partial charge >= 0.3 is 0 Å². The lowest BCUT2D eigenvalue weighted by atomic mass is 10.1. The van der Waals surface area contributed by atoms with Gasteiger partial charge in [0.25, 0.3) is 0 Å². The Morgan fingerprint density at radius 1 is 1.44 bits per heavy atom. The summed E-state index contributed by atoms with van der Waals surface area (Å²) in [5.74, 6) is 0. The Morgan fingerprint density at radius 3 is 2.75 bits per heavy atom. The van der Waals surface area contributed by atoms with Crippen LogP contribution in [0.3, 0.4) is 0 Å². The Balaban J connectivity index is 2.29. The van der Waals surface area contributed by atoms with Crippen molar-refractivity contribution in [3.63, 3.8) is 0 Å². The minimum atomic E-state index is -3.09. The van der Waals surface area contributed by atoms with Gasteiger partial charge < -0.3 is 5.32 Å². The van der Waals surface area contributed by atoms with Gasteiger partial charge in [-0.15, -0.1) is 0 Å². The number of nitrogens with zero attached hydrogens (tertiary/aromatic N) is 1. The van der Waals surface area contributed by atoms with Gasteiger partial charge in [-0.2, -0.15) is 0 Å². The van der Waals surface area contributed by atoms with Crippen molar-refractivity contribution >= 4 is 10.0 Å². The molecule has 1 unspecified atom stereocenters. The summed E-state index contributed by atoms with van der Waals surface area (Å²) in [7, 11) is -3.09. The normalized spacial score (nSPS) is 13.6. The van der Waals surface area contributed by atoms with E-state index in [1.807, 2.05) is 19.1 Å². The predicted octanol–water partition coefficient (Wildman–Crippen LogP) is 0.281. The van der Waals surface area contributed by atoms with Crippen LogP contribution in [0.25, 0.3) is 0 Å². The molecule has 0 fully saturated rings. The second kappa shape index (κ2) is 5.93. The fourth-order valence-corrected chi connectivity index (χ4v) is 1.75. The number of pyridine rings is 1. The van der Waals surface area contributed by atoms with E-state index in [1.165, 1.54) is 0 Å². The standard InChI is InChI=1S/C10H17N3O2S/c1-9(10-4-3-5-11-8-10)12-6-7-13-16(2,14)15/h3-5,8-9,12-13H,6-7H2,1-2H3. The molecule has 6 heteroatoms. The summed E-state index contributed by atoms with van der Waals surface area (Å²) < 4.78 is 24.0. The molecule has 0 aromatic carbocycles. The molecule has 0 aliphatic carbocycles. The minimum Gasteiger partial charge on any atom is -0.309 e. The van der Waals surface area contributed by atoms with Crippen LogP contribution in [0.2, 0.25) is 0 Å². The highest BCUT2D eigenvalue weighted by molar-refractivity contribution is 7.88. The van der Waals surface area contributed by atoms with Gasteiger partial charge in [0.05, 0.1) is 6.26 Å². The first-order valence-corrected chi connectivity index (χ1v) is 6.96. The van der Waals surface area contributed by atoms with Gasteiger partial charge in [-0.1, -0.05) is 6.07 Å². The topological polar surface area (TPSA) is 71.1 Å². The third-order valence-electron chi connectivity index (χ3n) is 2.12. The van der Waals surface area contributed by atoms with Crippen LogP contribution in [0, 0.1) is 0 Å². The van der Waals surface area contributed by atoms with Gasteiger partial charge in [0.1, 0.15) is 0 Å². The molecule has 1 rings (SSSR count). The number of hydrogen-bond donors (Lipinski definition) is 2. The van der Waals surface area contributed by atoms with E-state index < -0.39 is 10.0 Å². The molecule has 16 heavy (non-hydrogen) atoms. The average Bonchev–Trinajstić information content (AvgIpc) is 2.24. The van der Waals surface area contributed by atoms with Crippen LogP contribution >= 0.6 is 0 Å². The van der Waals surface area contributed by atoms with Crippen LogP contribution < -0.4 is 10.0 Å². The molecule has 0 saturated carbocycles. The number of hydrogen-bond acceptors (Lipinski definition) is 4. The van der Waals surface area contributed by atoms with Crippen molar-refractivity contribution in [3.05, 3.63) is 30.1 Å². The van der Waals surface area contributed by atoms with Crippen LogP contribution in [0.5, 0.6) is 0 Å². The number of sulfonamides is 1. The van der Waals surface area contributed by atoms with Gasteiger partial charge in [0.2, 0.25) is 10.0 Å². The third kappa shape index (κ3) is 5.20. The van der Waals surface area contributed by atoms with Gasteiger partial charge in [-0.05, 0) is 18.6 Å². The zero-order valence-corrected chi connectivity index (χ0v) is 10.3. The molecule has 0 radical (unpaired) electrons. The predicted molar refractivity (Wildman–Crippen MR) is 63.5 cm³/mol. The highest BCUT2D eigenvalue weighted by Gasteiger charge is 2.04. The maximum atomic E-state index is 10.8. The monoisotopic (exact) mass is 243 g/mol. The lowest BCUT2D eigenvalue weighted by Gasteiger charge is -2.13. The number of nitrogens with one attached hydrogen (secondary N) is 2. The highest BCUT2D eigenvalue weighted by Crippen LogP contribution is 2.08. The van der Waals surface area contributed by atoms with E-state index in [0.717, 1.165) is 11.8 Å². The molecule has 0 amide bonds. The zero-order valence-electron chi connectivity index (χ0n) is 9.47. The van der Waals surface area contributed by atoms with Crippen LogP contribution in [-0.2, 0) is 10.0 Å². The molecule has 1 aromatic rings. The zero-order chi connectivity index (χ0) is 12.0. The Labute approximate surface area is 96.3 Å². The largest absolute Gasteiger partial charge is 0.309 e. The average molecular weight is 243 g/mol. The van der Waals surface area contributed by atoms with Gasteiger partial charge in [-0.25, -0.2) is 13.1 Å². The van der Waals surface area contributed by atoms with Crippen molar-refractivity contribution in [1.82, 2.24) is 15.0 Å². The molecule has 1 atom stereocenters. The van der Waals surface area contributed by atoms with E-state index >= 15 is 0 Å². The van der Waals surface area contributed by atoms with E-state index in [9.17, 15) is 8.42 Å². The van der Waals surface area contributed by atoms with Gasteiger partial charge in [0, 0.05) is 31.5 Å². The smallest absolute Gasteiger partial charge is 0.208 e. The van der Waals surface area contributed by atoms with Gasteiger partial charge in [0.15, 0.2) is 0 Å². The first-order valence-electron chi connectivity index (χ1n) is 5.07. The van der Waals surface area contributed by atoms with Crippen LogP contribution in [0.1, 0.15) is 18.5 Å². The molecular formula is C10H17N3O2S. The molecule has 0 spiro atoms. The fraction of sp³-hybridized carbons (Fsp3) is 0.500. The lowest BCUT2D eigenvalue weighted by Crippen LogP contribution is -2.32. The maximum Gasteiger partial charge on any atom is 0.208 e. The maximum absolute atomic E-state index is 10.8. The molecule has 90 valence electrons. The molecule has 0 aliphatic heterocycles. The molecule has 0 aliphatic rings. The van der Waals surface area contributed by atoms with Crippen LogP contribution in [0.15, 0.2) is 24.5 Å². The van der Waals surface area contributed by atoms with Gasteiger partial charge in [-0.3, -0.25) is 4.98 Å². The Hall–Kier alpha value is -0.980. The van der Waals surface area contributed by atoms with Crippen molar-refractivity contribution in [2.45, 2.75) is 13.0 Å². The molecule has 1 aromatic heterocycles. The molecule has 0 bridgehead atoms. The number of aromatic nitrogens is 1. The van der Waals surface area contributed by atoms with E-state index in [4.69, 9.17) is 0 Å². The summed E-state index contributed by atoms with van der Waals surface area (Å²) in [6.07, 6.45) is 4.67. The van der Waals surface area contributed by atoms with Crippen molar-refractivity contribution in [2.24, 2.45) is 0 Å². The fourth-order valence-electron chi connectivity index (χ4n) is 1.28. The van der Waals surface area contributed by atoms with Crippen molar-refractivity contribution < 1.29 is 8.42 Å². The van der Waals surface area contributed by atoms with Crippen LogP contribution in [-0.4, -0.2) is 32.7 Å². The summed E-state index contributed by atoms with van der Waals surface area (Å²) >= 11 is 0. The molecule has 1 heterocycles. The molecule has 2 N–H and O–H groups in total. The van der Waals surface area contributed by atoms with Crippen molar-refractivity contribution in [2.75, 3.05) is 19.3 Å². The van der Waals surface area contributed by atoms with Crippen molar-refractivity contribution in [1.29, 1.82) is 0 Å². The second-order valence-corrected chi connectivity index (χ2v) is 5.46. The molecule has 5 nitrogen and oxygen atoms in total. The van der Waals surface area contributed by atoms with Crippen molar-refractivity contribution in [3.8, 4) is 0 Å². The number of rotatable bonds is 6. The van der Waals surface area contributed by atoms with E-state index in [2.05, 4.69) is 15.0 Å². The van der Waals surface area contributed by atoms with E-state index in [0.29, 0.717) is 13.1 Å². The molecule has 0 saturated heterocycles. The lowest BCUT2D eigenvalue weighted by molar-refractivity contribution is 0.555. The minimum absolute atomic E-state index is 0.162. The second-order valence-electron chi connectivity index (χ2n) is 3.63. The first kappa shape index (κ1) is 13.1. The van der Waals surface area contributed by atoms with E-state index in [-0.39, 0.29) is 6.04 Å². The summed E-state index contributed by atoms with van der Waals surface area (Å²) in [6.45, 7) is 2.99. The quantitative estimate of drug-likeness (QED) is 0.704. The summed E-state index contributed by atoms with van der Waals surface area (Å²) in [5.41, 5.74) is 1.09. The highest BCUT2D eigenvalue weighted by atomic mass is 32.2. The third-order valence-corrected chi connectivity index (χ3v) is 2.85. The summed E-state index contributed by atoms with van der Waals surface area (Å²) in [6, 6.07) is 4.02. The van der Waals surface area contributed by atoms with Crippen LogP contribution in [0.4, 0.5) is 0 Å². The van der Waals surface area contributed by atoms with E-state index in [1.54, 1.807) is 12.4 Å². The summed E-state index contributed by atoms with van der Waals surface area (Å²) in [5, 5.41) is 3.20. The molecular weight excluding hydrogens is 226 g/mol.